The summed E-state index contributed by atoms with van der Waals surface area (Å²) in [5.74, 6) is -0.635. The number of isocyanates is 1. The smallest absolute Gasteiger partial charge is 0.273 e. The van der Waals surface area contributed by atoms with Gasteiger partial charge in [0.25, 0.3) is 5.91 Å². The van der Waals surface area contributed by atoms with Crippen LogP contribution in [0.2, 0.25) is 0 Å². The fourth-order valence-corrected chi connectivity index (χ4v) is 1.08. The number of nitrogens with zero attached hydrogens (tertiary/aromatic N) is 1. The van der Waals surface area contributed by atoms with Crippen LogP contribution in [0.4, 0.5) is 0 Å². The SMILES string of the molecule is N[C@@H](Cc1ccccc1)C(=O)N=C=O. The molecule has 0 radical (unpaired) electrons. The molecule has 72 valence electrons. The van der Waals surface area contributed by atoms with E-state index in [9.17, 15) is 9.59 Å². The average molecular weight is 190 g/mol. The Kier molecular flexibility index (Phi) is 3.73. The minimum atomic E-state index is -0.765. The maximum atomic E-state index is 11.0. The highest BCUT2D eigenvalue weighted by atomic mass is 16.2. The van der Waals surface area contributed by atoms with Gasteiger partial charge < -0.3 is 5.73 Å². The molecule has 0 aliphatic carbocycles. The molecule has 14 heavy (non-hydrogen) atoms. The quantitative estimate of drug-likeness (QED) is 0.554. The Morgan fingerprint density at radius 1 is 1.43 bits per heavy atom. The third kappa shape index (κ3) is 2.94. The number of carbonyl (C=O) groups is 1. The lowest BCUT2D eigenvalue weighted by molar-refractivity contribution is -0.118. The van der Waals surface area contributed by atoms with E-state index in [-0.39, 0.29) is 0 Å². The number of rotatable bonds is 3. The summed E-state index contributed by atoms with van der Waals surface area (Å²) in [4.78, 5) is 23.7. The van der Waals surface area contributed by atoms with Gasteiger partial charge in [0.05, 0.1) is 6.04 Å². The second-order valence-electron chi connectivity index (χ2n) is 2.84. The van der Waals surface area contributed by atoms with Gasteiger partial charge in [-0.15, -0.1) is 4.99 Å². The summed E-state index contributed by atoms with van der Waals surface area (Å²) in [7, 11) is 0. The number of aliphatic imine (C=N–C) groups is 1. The lowest BCUT2D eigenvalue weighted by atomic mass is 10.1. The van der Waals surface area contributed by atoms with Crippen molar-refractivity contribution < 1.29 is 9.59 Å². The zero-order chi connectivity index (χ0) is 10.4. The highest BCUT2D eigenvalue weighted by Gasteiger charge is 2.12. The predicted octanol–water partition coefficient (Wildman–Crippen LogP) is 0.419. The Morgan fingerprint density at radius 3 is 2.64 bits per heavy atom. The fraction of sp³-hybridized carbons (Fsp3) is 0.200. The maximum Gasteiger partial charge on any atom is 0.273 e. The van der Waals surface area contributed by atoms with Crippen molar-refractivity contribution >= 4 is 12.0 Å². The molecule has 1 amide bonds. The van der Waals surface area contributed by atoms with Crippen molar-refractivity contribution in [1.82, 2.24) is 0 Å². The number of amides is 1. The van der Waals surface area contributed by atoms with E-state index in [1.807, 2.05) is 30.3 Å². The van der Waals surface area contributed by atoms with Crippen molar-refractivity contribution in [2.75, 3.05) is 0 Å². The van der Waals surface area contributed by atoms with Crippen molar-refractivity contribution in [2.24, 2.45) is 10.7 Å². The van der Waals surface area contributed by atoms with Crippen LogP contribution in [0.1, 0.15) is 5.56 Å². The highest BCUT2D eigenvalue weighted by Crippen LogP contribution is 2.02. The topological polar surface area (TPSA) is 72.5 Å². The Bertz CT molecular complexity index is 356. The molecule has 0 bridgehead atoms. The lowest BCUT2D eigenvalue weighted by Crippen LogP contribution is -2.31. The first-order valence-corrected chi connectivity index (χ1v) is 4.15. The van der Waals surface area contributed by atoms with Crippen molar-refractivity contribution in [2.45, 2.75) is 12.5 Å². The van der Waals surface area contributed by atoms with Crippen molar-refractivity contribution in [3.8, 4) is 0 Å². The molecule has 4 nitrogen and oxygen atoms in total. The summed E-state index contributed by atoms with van der Waals surface area (Å²) < 4.78 is 0. The zero-order valence-corrected chi connectivity index (χ0v) is 7.51. The summed E-state index contributed by atoms with van der Waals surface area (Å²) in [6, 6.07) is 8.54. The first-order valence-electron chi connectivity index (χ1n) is 4.15. The van der Waals surface area contributed by atoms with E-state index in [2.05, 4.69) is 4.99 Å². The van der Waals surface area contributed by atoms with Crippen LogP contribution in [0.5, 0.6) is 0 Å². The molecule has 0 unspecified atom stereocenters. The van der Waals surface area contributed by atoms with Gasteiger partial charge >= 0.3 is 0 Å². The molecular weight excluding hydrogens is 180 g/mol. The molecule has 0 fully saturated rings. The Labute approximate surface area is 81.4 Å². The lowest BCUT2D eigenvalue weighted by Gasteiger charge is -2.05. The maximum absolute atomic E-state index is 11.0. The van der Waals surface area contributed by atoms with Gasteiger partial charge in [-0.1, -0.05) is 30.3 Å². The van der Waals surface area contributed by atoms with Gasteiger partial charge in [0.2, 0.25) is 6.08 Å². The summed E-state index contributed by atoms with van der Waals surface area (Å²) in [6.45, 7) is 0. The number of nitrogens with two attached hydrogens (primary N) is 1. The van der Waals surface area contributed by atoms with Gasteiger partial charge in [-0.25, -0.2) is 4.79 Å². The van der Waals surface area contributed by atoms with Crippen molar-refractivity contribution in [1.29, 1.82) is 0 Å². The van der Waals surface area contributed by atoms with Gasteiger partial charge in [-0.2, -0.15) is 0 Å². The molecule has 4 heteroatoms. The van der Waals surface area contributed by atoms with Gasteiger partial charge in [0.1, 0.15) is 0 Å². The van der Waals surface area contributed by atoms with E-state index in [1.165, 1.54) is 6.08 Å². The van der Waals surface area contributed by atoms with Gasteiger partial charge in [0, 0.05) is 0 Å². The fourth-order valence-electron chi connectivity index (χ4n) is 1.08. The van der Waals surface area contributed by atoms with Crippen LogP contribution in [0, 0.1) is 0 Å². The van der Waals surface area contributed by atoms with E-state index in [0.717, 1.165) is 5.56 Å². The summed E-state index contributed by atoms with van der Waals surface area (Å²) in [5.41, 5.74) is 6.45. The molecule has 1 atom stereocenters. The summed E-state index contributed by atoms with van der Waals surface area (Å²) in [5, 5.41) is 0. The molecule has 0 aromatic heterocycles. The third-order valence-electron chi connectivity index (χ3n) is 1.77. The van der Waals surface area contributed by atoms with Crippen LogP contribution in [0.25, 0.3) is 0 Å². The molecule has 0 saturated carbocycles. The van der Waals surface area contributed by atoms with Crippen LogP contribution in [-0.2, 0) is 16.0 Å². The Morgan fingerprint density at radius 2 is 2.07 bits per heavy atom. The summed E-state index contributed by atoms with van der Waals surface area (Å²) >= 11 is 0. The van der Waals surface area contributed by atoms with E-state index in [1.54, 1.807) is 0 Å². The Hall–Kier alpha value is -1.77. The Balaban J connectivity index is 2.61. The minimum Gasteiger partial charge on any atom is -0.320 e. The second-order valence-corrected chi connectivity index (χ2v) is 2.84. The standard InChI is InChI=1S/C10H10N2O2/c11-9(10(14)12-7-13)6-8-4-2-1-3-5-8/h1-5,9H,6,11H2/t9-/m0/s1. The zero-order valence-electron chi connectivity index (χ0n) is 7.51. The van der Waals surface area contributed by atoms with Gasteiger partial charge in [-0.3, -0.25) is 4.79 Å². The van der Waals surface area contributed by atoms with Gasteiger partial charge in [-0.05, 0) is 12.0 Å². The summed E-state index contributed by atoms with van der Waals surface area (Å²) in [6.07, 6.45) is 1.56. The molecule has 0 aliphatic heterocycles. The predicted molar refractivity (Wildman–Crippen MR) is 51.2 cm³/mol. The number of benzene rings is 1. The van der Waals surface area contributed by atoms with Crippen LogP contribution >= 0.6 is 0 Å². The number of hydrogen-bond donors (Lipinski definition) is 1. The molecule has 1 rings (SSSR count). The van der Waals surface area contributed by atoms with Crippen molar-refractivity contribution in [3.63, 3.8) is 0 Å². The van der Waals surface area contributed by atoms with Crippen molar-refractivity contribution in [3.05, 3.63) is 35.9 Å². The van der Waals surface area contributed by atoms with E-state index >= 15 is 0 Å². The van der Waals surface area contributed by atoms with Gasteiger partial charge in [0.15, 0.2) is 0 Å². The number of carbonyl (C=O) groups excluding carboxylic acids is 2. The average Bonchev–Trinajstić information content (AvgIpc) is 2.19. The first-order chi connectivity index (χ1) is 6.74. The minimum absolute atomic E-state index is 0.380. The molecule has 0 spiro atoms. The normalized spacial score (nSPS) is 11.5. The van der Waals surface area contributed by atoms with E-state index < -0.39 is 11.9 Å². The first kappa shape index (κ1) is 10.3. The monoisotopic (exact) mass is 190 g/mol. The van der Waals surface area contributed by atoms with Crippen LogP contribution in [0.15, 0.2) is 35.3 Å². The molecule has 1 aromatic carbocycles. The molecule has 0 aliphatic rings. The second kappa shape index (κ2) is 5.07. The molecular formula is C10H10N2O2. The van der Waals surface area contributed by atoms with Crippen LogP contribution in [0.3, 0.4) is 0 Å². The van der Waals surface area contributed by atoms with Crippen LogP contribution < -0.4 is 5.73 Å². The number of hydrogen-bond acceptors (Lipinski definition) is 3. The van der Waals surface area contributed by atoms with E-state index in [4.69, 9.17) is 5.73 Å². The largest absolute Gasteiger partial charge is 0.320 e. The highest BCUT2D eigenvalue weighted by molar-refractivity contribution is 5.86. The molecule has 0 heterocycles. The van der Waals surface area contributed by atoms with E-state index in [0.29, 0.717) is 6.42 Å². The third-order valence-corrected chi connectivity index (χ3v) is 1.77. The van der Waals surface area contributed by atoms with Crippen LogP contribution in [-0.4, -0.2) is 18.0 Å². The molecule has 0 saturated heterocycles. The molecule has 2 N–H and O–H groups in total. The molecule has 1 aromatic rings.